The van der Waals surface area contributed by atoms with E-state index in [9.17, 15) is 9.18 Å². The summed E-state index contributed by atoms with van der Waals surface area (Å²) < 4.78 is 13.3. The summed E-state index contributed by atoms with van der Waals surface area (Å²) in [6.45, 7) is 0. The van der Waals surface area contributed by atoms with E-state index in [1.807, 2.05) is 7.05 Å². The van der Waals surface area contributed by atoms with E-state index < -0.39 is 0 Å². The summed E-state index contributed by atoms with van der Waals surface area (Å²) >= 11 is 0. The van der Waals surface area contributed by atoms with Gasteiger partial charge in [0.2, 0.25) is 0 Å². The summed E-state index contributed by atoms with van der Waals surface area (Å²) in [6.07, 6.45) is 3.16. The number of fused-ring (bicyclic) bond motifs is 1. The molecule has 4 rings (SSSR count). The maximum Gasteiger partial charge on any atom is 0.326 e. The lowest BCUT2D eigenvalue weighted by Gasteiger charge is -2.20. The molecule has 2 amide bonds. The lowest BCUT2D eigenvalue weighted by Crippen LogP contribution is -2.34. The minimum atomic E-state index is -0.307. The van der Waals surface area contributed by atoms with Gasteiger partial charge in [-0.2, -0.15) is 0 Å². The van der Waals surface area contributed by atoms with Gasteiger partial charge in [-0.3, -0.25) is 4.90 Å². The van der Waals surface area contributed by atoms with Gasteiger partial charge in [-0.1, -0.05) is 12.1 Å². The smallest absolute Gasteiger partial charge is 0.322 e. The predicted octanol–water partition coefficient (Wildman–Crippen LogP) is 3.08. The fourth-order valence-electron chi connectivity index (χ4n) is 3.65. The molecule has 1 saturated carbocycles. The number of hydrogen-bond acceptors (Lipinski definition) is 3. The highest BCUT2D eigenvalue weighted by molar-refractivity contribution is 5.94. The molecule has 118 valence electrons. The second-order valence-electron chi connectivity index (χ2n) is 6.12. The number of aromatic nitrogens is 2. The lowest BCUT2D eigenvalue weighted by atomic mass is 10.1. The molecule has 0 N–H and O–H groups in total. The summed E-state index contributed by atoms with van der Waals surface area (Å²) in [5, 5.41) is 8.40. The van der Waals surface area contributed by atoms with Crippen molar-refractivity contribution in [3.8, 4) is 11.3 Å². The van der Waals surface area contributed by atoms with Crippen molar-refractivity contribution in [1.29, 1.82) is 0 Å². The molecule has 23 heavy (non-hydrogen) atoms. The van der Waals surface area contributed by atoms with Crippen LogP contribution in [0.1, 0.15) is 19.3 Å². The maximum absolute atomic E-state index is 13.3. The highest BCUT2D eigenvalue weighted by Gasteiger charge is 2.47. The number of carbonyl (C=O) groups excluding carboxylic acids is 1. The normalized spacial score (nSPS) is 23.5. The van der Waals surface area contributed by atoms with Crippen LogP contribution in [-0.2, 0) is 0 Å². The van der Waals surface area contributed by atoms with Crippen LogP contribution in [0.3, 0.4) is 0 Å². The second kappa shape index (κ2) is 5.30. The van der Waals surface area contributed by atoms with Crippen molar-refractivity contribution in [2.24, 2.45) is 0 Å². The van der Waals surface area contributed by atoms with Gasteiger partial charge in [0.05, 0.1) is 17.8 Å². The van der Waals surface area contributed by atoms with E-state index in [1.54, 1.807) is 34.1 Å². The Hall–Kier alpha value is -2.50. The molecule has 2 aromatic rings. The zero-order valence-electron chi connectivity index (χ0n) is 12.8. The van der Waals surface area contributed by atoms with Gasteiger partial charge in [-0.15, -0.1) is 10.2 Å². The van der Waals surface area contributed by atoms with E-state index in [1.165, 1.54) is 12.1 Å². The van der Waals surface area contributed by atoms with Crippen molar-refractivity contribution in [3.05, 3.63) is 42.2 Å². The first-order chi connectivity index (χ1) is 11.1. The molecule has 2 aliphatic rings. The molecule has 0 bridgehead atoms. The first kappa shape index (κ1) is 14.1. The Kier molecular flexibility index (Phi) is 3.25. The molecule has 0 radical (unpaired) electrons. The average Bonchev–Trinajstić information content (AvgIpc) is 3.12. The van der Waals surface area contributed by atoms with Crippen LogP contribution in [0.5, 0.6) is 0 Å². The van der Waals surface area contributed by atoms with Gasteiger partial charge in [-0.05, 0) is 43.5 Å². The van der Waals surface area contributed by atoms with E-state index in [4.69, 9.17) is 0 Å². The zero-order valence-corrected chi connectivity index (χ0v) is 12.8. The largest absolute Gasteiger partial charge is 0.326 e. The molecule has 1 aliphatic heterocycles. The van der Waals surface area contributed by atoms with Gasteiger partial charge in [0, 0.05) is 12.6 Å². The van der Waals surface area contributed by atoms with Gasteiger partial charge in [0.15, 0.2) is 5.82 Å². The van der Waals surface area contributed by atoms with Gasteiger partial charge < -0.3 is 4.90 Å². The number of urea groups is 1. The SMILES string of the molecule is CN1C(=O)N(c2ccc(-c3cccc(F)c3)nn2)[C@@H]2CCC[C@@H]21. The quantitative estimate of drug-likeness (QED) is 0.856. The van der Waals surface area contributed by atoms with Crippen molar-refractivity contribution in [2.75, 3.05) is 11.9 Å². The van der Waals surface area contributed by atoms with Crippen LogP contribution in [0.2, 0.25) is 0 Å². The highest BCUT2D eigenvalue weighted by atomic mass is 19.1. The number of likely N-dealkylation sites (N-methyl/N-ethyl adjacent to an activating group) is 1. The van der Waals surface area contributed by atoms with E-state index in [-0.39, 0.29) is 23.9 Å². The van der Waals surface area contributed by atoms with Crippen molar-refractivity contribution in [1.82, 2.24) is 15.1 Å². The number of benzene rings is 1. The number of carbonyl (C=O) groups is 1. The van der Waals surface area contributed by atoms with Crippen LogP contribution in [0.4, 0.5) is 15.0 Å². The molecule has 1 aliphatic carbocycles. The van der Waals surface area contributed by atoms with Crippen LogP contribution in [0.25, 0.3) is 11.3 Å². The van der Waals surface area contributed by atoms with Crippen LogP contribution in [-0.4, -0.2) is 40.3 Å². The Morgan fingerprint density at radius 2 is 1.96 bits per heavy atom. The Labute approximate surface area is 133 Å². The summed E-state index contributed by atoms with van der Waals surface area (Å²) in [5.41, 5.74) is 1.27. The van der Waals surface area contributed by atoms with E-state index in [0.29, 0.717) is 17.1 Å². The summed E-state index contributed by atoms with van der Waals surface area (Å²) in [7, 11) is 1.85. The molecule has 0 spiro atoms. The summed E-state index contributed by atoms with van der Waals surface area (Å²) in [4.78, 5) is 16.0. The fourth-order valence-corrected chi connectivity index (χ4v) is 3.65. The van der Waals surface area contributed by atoms with Gasteiger partial charge in [0.1, 0.15) is 5.82 Å². The Morgan fingerprint density at radius 3 is 2.70 bits per heavy atom. The second-order valence-corrected chi connectivity index (χ2v) is 6.12. The van der Waals surface area contributed by atoms with Crippen LogP contribution in [0.15, 0.2) is 36.4 Å². The maximum atomic E-state index is 13.3. The van der Waals surface area contributed by atoms with Crippen LogP contribution >= 0.6 is 0 Å². The molecule has 0 unspecified atom stereocenters. The highest BCUT2D eigenvalue weighted by Crippen LogP contribution is 2.36. The van der Waals surface area contributed by atoms with Crippen molar-refractivity contribution < 1.29 is 9.18 Å². The Bertz CT molecular complexity index is 749. The third-order valence-electron chi connectivity index (χ3n) is 4.80. The Balaban J connectivity index is 1.65. The summed E-state index contributed by atoms with van der Waals surface area (Å²) in [5.74, 6) is 0.259. The van der Waals surface area contributed by atoms with E-state index in [2.05, 4.69) is 10.2 Å². The third kappa shape index (κ3) is 2.25. The predicted molar refractivity (Wildman–Crippen MR) is 84.5 cm³/mol. The summed E-state index contributed by atoms with van der Waals surface area (Å²) in [6, 6.07) is 10.3. The molecule has 6 heteroatoms. The number of hydrogen-bond donors (Lipinski definition) is 0. The van der Waals surface area contributed by atoms with Crippen LogP contribution in [0, 0.1) is 5.82 Å². The topological polar surface area (TPSA) is 49.3 Å². The zero-order chi connectivity index (χ0) is 16.0. The molecule has 5 nitrogen and oxygen atoms in total. The van der Waals surface area contributed by atoms with Gasteiger partial charge in [0.25, 0.3) is 0 Å². The number of amides is 2. The lowest BCUT2D eigenvalue weighted by molar-refractivity contribution is 0.218. The Morgan fingerprint density at radius 1 is 1.13 bits per heavy atom. The monoisotopic (exact) mass is 312 g/mol. The number of anilines is 1. The van der Waals surface area contributed by atoms with Crippen molar-refractivity contribution >= 4 is 11.8 Å². The van der Waals surface area contributed by atoms with Gasteiger partial charge in [-0.25, -0.2) is 9.18 Å². The molecule has 1 aromatic carbocycles. The van der Waals surface area contributed by atoms with Crippen LogP contribution < -0.4 is 4.90 Å². The standard InChI is InChI=1S/C17H17FN4O/c1-21-14-6-3-7-15(14)22(17(21)23)16-9-8-13(19-20-16)11-4-2-5-12(18)10-11/h2,4-5,8-10,14-15H,3,6-7H2,1H3/t14-,15+/m0/s1. The number of halogens is 1. The molecule has 2 fully saturated rings. The minimum absolute atomic E-state index is 0.0208. The molecule has 1 aromatic heterocycles. The molecule has 2 atom stereocenters. The number of nitrogens with zero attached hydrogens (tertiary/aromatic N) is 4. The van der Waals surface area contributed by atoms with Crippen molar-refractivity contribution in [3.63, 3.8) is 0 Å². The average molecular weight is 312 g/mol. The van der Waals surface area contributed by atoms with Crippen molar-refractivity contribution in [2.45, 2.75) is 31.3 Å². The molecular weight excluding hydrogens is 295 g/mol. The molecule has 1 saturated heterocycles. The number of rotatable bonds is 2. The third-order valence-corrected chi connectivity index (χ3v) is 4.80. The molecular formula is C17H17FN4O. The molecule has 2 heterocycles. The van der Waals surface area contributed by atoms with E-state index >= 15 is 0 Å². The van der Waals surface area contributed by atoms with Gasteiger partial charge >= 0.3 is 6.03 Å². The minimum Gasteiger partial charge on any atom is -0.322 e. The first-order valence-corrected chi connectivity index (χ1v) is 7.81. The van der Waals surface area contributed by atoms with E-state index in [0.717, 1.165) is 19.3 Å². The fraction of sp³-hybridized carbons (Fsp3) is 0.353. The first-order valence-electron chi connectivity index (χ1n) is 7.81.